The molecule has 1 unspecified atom stereocenters. The summed E-state index contributed by atoms with van der Waals surface area (Å²) >= 11 is 6.78. The van der Waals surface area contributed by atoms with Crippen molar-refractivity contribution < 1.29 is 4.79 Å². The lowest BCUT2D eigenvalue weighted by molar-refractivity contribution is -0.118. The molecule has 0 bridgehead atoms. The maximum atomic E-state index is 12.2. The molecule has 1 aliphatic heterocycles. The molecule has 1 aliphatic rings. The molecule has 2 heterocycles. The van der Waals surface area contributed by atoms with Crippen molar-refractivity contribution in [3.05, 3.63) is 51.1 Å². The summed E-state index contributed by atoms with van der Waals surface area (Å²) < 4.78 is 1.06. The zero-order valence-electron chi connectivity index (χ0n) is 13.4. The Balaban J connectivity index is 1.50. The van der Waals surface area contributed by atoms with Gasteiger partial charge in [-0.3, -0.25) is 9.69 Å². The minimum Gasteiger partial charge on any atom is -0.353 e. The van der Waals surface area contributed by atoms with E-state index in [4.69, 9.17) is 0 Å². The van der Waals surface area contributed by atoms with E-state index in [1.165, 1.54) is 17.7 Å². The summed E-state index contributed by atoms with van der Waals surface area (Å²) in [5.74, 6) is 0.558. The molecule has 1 N–H and O–H groups in total. The van der Waals surface area contributed by atoms with Gasteiger partial charge in [0, 0.05) is 20.8 Å². The van der Waals surface area contributed by atoms with Crippen LogP contribution in [-0.4, -0.2) is 36.2 Å². The van der Waals surface area contributed by atoms with Gasteiger partial charge < -0.3 is 5.32 Å². The summed E-state index contributed by atoms with van der Waals surface area (Å²) in [5.41, 5.74) is 0. The van der Waals surface area contributed by atoms with Crippen LogP contribution in [0, 0.1) is 0 Å². The smallest absolute Gasteiger partial charge is 0.230 e. The number of carbonyl (C=O) groups is 1. The van der Waals surface area contributed by atoms with E-state index in [0.717, 1.165) is 22.5 Å². The number of hydrogen-bond donors (Lipinski definition) is 1. The normalized spacial score (nSPS) is 16.2. The number of nitrogens with one attached hydrogen (secondary N) is 1. The molecule has 3 rings (SSSR count). The number of amides is 1. The van der Waals surface area contributed by atoms with Crippen LogP contribution in [0.5, 0.6) is 0 Å². The molecule has 128 valence electrons. The Labute approximate surface area is 160 Å². The molecule has 0 spiro atoms. The quantitative estimate of drug-likeness (QED) is 0.661. The number of hydrogen-bond acceptors (Lipinski definition) is 4. The van der Waals surface area contributed by atoms with Crippen molar-refractivity contribution >= 4 is 44.9 Å². The van der Waals surface area contributed by atoms with Crippen LogP contribution in [0.25, 0.3) is 0 Å². The molecule has 1 aromatic carbocycles. The standard InChI is InChI=1S/C18H21BrN2OS2/c19-14-5-7-15(8-6-14)24-13-18(22)20-12-16(17-4-3-11-23-17)21-9-1-2-10-21/h3-8,11,16H,1-2,9-10,12-13H2,(H,20,22). The summed E-state index contributed by atoms with van der Waals surface area (Å²) in [6.45, 7) is 2.96. The molecule has 1 atom stereocenters. The molecule has 0 saturated carbocycles. The zero-order chi connectivity index (χ0) is 16.8. The summed E-state index contributed by atoms with van der Waals surface area (Å²) in [4.78, 5) is 17.2. The Bertz CT molecular complexity index is 640. The van der Waals surface area contributed by atoms with E-state index in [1.807, 2.05) is 24.3 Å². The van der Waals surface area contributed by atoms with E-state index >= 15 is 0 Å². The minimum atomic E-state index is 0.101. The summed E-state index contributed by atoms with van der Waals surface area (Å²) in [6.07, 6.45) is 2.52. The first kappa shape index (κ1) is 18.0. The SMILES string of the molecule is O=C(CSc1ccc(Br)cc1)NCC(c1cccs1)N1CCCC1. The van der Waals surface area contributed by atoms with E-state index in [0.29, 0.717) is 18.3 Å². The van der Waals surface area contributed by atoms with E-state index < -0.39 is 0 Å². The first-order valence-electron chi connectivity index (χ1n) is 8.15. The van der Waals surface area contributed by atoms with Crippen molar-refractivity contribution in [1.29, 1.82) is 0 Å². The van der Waals surface area contributed by atoms with Gasteiger partial charge in [-0.1, -0.05) is 22.0 Å². The van der Waals surface area contributed by atoms with Gasteiger partial charge in [-0.05, 0) is 61.6 Å². The van der Waals surface area contributed by atoms with Crippen LogP contribution in [0.15, 0.2) is 51.1 Å². The van der Waals surface area contributed by atoms with Crippen LogP contribution in [0.4, 0.5) is 0 Å². The highest BCUT2D eigenvalue weighted by Gasteiger charge is 2.24. The van der Waals surface area contributed by atoms with Gasteiger partial charge in [0.2, 0.25) is 5.91 Å². The van der Waals surface area contributed by atoms with E-state index in [1.54, 1.807) is 23.1 Å². The Morgan fingerprint density at radius 2 is 2.00 bits per heavy atom. The molecule has 1 amide bonds. The Morgan fingerprint density at radius 3 is 2.67 bits per heavy atom. The lowest BCUT2D eigenvalue weighted by Crippen LogP contribution is -2.37. The summed E-state index contributed by atoms with van der Waals surface area (Å²) in [7, 11) is 0. The summed E-state index contributed by atoms with van der Waals surface area (Å²) in [6, 6.07) is 12.6. The second-order valence-corrected chi connectivity index (χ2v) is 8.76. The number of thioether (sulfide) groups is 1. The van der Waals surface area contributed by atoms with Gasteiger partial charge >= 0.3 is 0 Å². The molecule has 1 saturated heterocycles. The second kappa shape index (κ2) is 9.04. The Morgan fingerprint density at radius 1 is 1.25 bits per heavy atom. The predicted octanol–water partition coefficient (Wildman–Crippen LogP) is 4.56. The van der Waals surface area contributed by atoms with Crippen molar-refractivity contribution in [3.8, 4) is 0 Å². The third-order valence-electron chi connectivity index (χ3n) is 4.13. The van der Waals surface area contributed by atoms with Gasteiger partial charge in [-0.25, -0.2) is 0 Å². The first-order chi connectivity index (χ1) is 11.7. The maximum absolute atomic E-state index is 12.2. The van der Waals surface area contributed by atoms with E-state index in [2.05, 4.69) is 43.7 Å². The van der Waals surface area contributed by atoms with Gasteiger partial charge in [0.25, 0.3) is 0 Å². The highest BCUT2D eigenvalue weighted by atomic mass is 79.9. The molecular weight excluding hydrogens is 404 g/mol. The van der Waals surface area contributed by atoms with Gasteiger partial charge in [0.1, 0.15) is 0 Å². The zero-order valence-corrected chi connectivity index (χ0v) is 16.6. The van der Waals surface area contributed by atoms with Crippen LogP contribution in [0.2, 0.25) is 0 Å². The third kappa shape index (κ3) is 5.09. The minimum absolute atomic E-state index is 0.101. The van der Waals surface area contributed by atoms with Crippen LogP contribution in [-0.2, 0) is 4.79 Å². The lowest BCUT2D eigenvalue weighted by Gasteiger charge is -2.26. The molecule has 24 heavy (non-hydrogen) atoms. The van der Waals surface area contributed by atoms with Crippen LogP contribution in [0.1, 0.15) is 23.8 Å². The fourth-order valence-corrected chi connectivity index (χ4v) is 4.74. The number of likely N-dealkylation sites (tertiary alicyclic amines) is 1. The number of benzene rings is 1. The number of halogens is 1. The number of rotatable bonds is 7. The van der Waals surface area contributed by atoms with Crippen LogP contribution < -0.4 is 5.32 Å². The topological polar surface area (TPSA) is 32.3 Å². The van der Waals surface area contributed by atoms with E-state index in [-0.39, 0.29) is 5.91 Å². The van der Waals surface area contributed by atoms with Crippen molar-refractivity contribution in [1.82, 2.24) is 10.2 Å². The maximum Gasteiger partial charge on any atom is 0.230 e. The number of thiophene rings is 1. The lowest BCUT2D eigenvalue weighted by atomic mass is 10.2. The largest absolute Gasteiger partial charge is 0.353 e. The Kier molecular flexibility index (Phi) is 6.77. The molecule has 6 heteroatoms. The predicted molar refractivity (Wildman–Crippen MR) is 106 cm³/mol. The first-order valence-corrected chi connectivity index (χ1v) is 10.8. The van der Waals surface area contributed by atoms with Crippen molar-refractivity contribution in [2.24, 2.45) is 0 Å². The van der Waals surface area contributed by atoms with E-state index in [9.17, 15) is 4.79 Å². The van der Waals surface area contributed by atoms with Crippen LogP contribution >= 0.6 is 39.0 Å². The fraction of sp³-hybridized carbons (Fsp3) is 0.389. The van der Waals surface area contributed by atoms with Gasteiger partial charge in [0.05, 0.1) is 11.8 Å². The fourth-order valence-electron chi connectivity index (χ4n) is 2.89. The molecular formula is C18H21BrN2OS2. The van der Waals surface area contributed by atoms with Crippen molar-refractivity contribution in [2.75, 3.05) is 25.4 Å². The highest BCUT2D eigenvalue weighted by molar-refractivity contribution is 9.10. The molecule has 3 nitrogen and oxygen atoms in total. The summed E-state index contributed by atoms with van der Waals surface area (Å²) in [5, 5.41) is 5.24. The van der Waals surface area contributed by atoms with Gasteiger partial charge in [0.15, 0.2) is 0 Å². The van der Waals surface area contributed by atoms with Crippen LogP contribution in [0.3, 0.4) is 0 Å². The van der Waals surface area contributed by atoms with Gasteiger partial charge in [-0.15, -0.1) is 23.1 Å². The molecule has 1 fully saturated rings. The number of nitrogens with zero attached hydrogens (tertiary/aromatic N) is 1. The van der Waals surface area contributed by atoms with Crippen molar-refractivity contribution in [2.45, 2.75) is 23.8 Å². The van der Waals surface area contributed by atoms with Crippen molar-refractivity contribution in [3.63, 3.8) is 0 Å². The second-order valence-electron chi connectivity index (χ2n) is 5.82. The van der Waals surface area contributed by atoms with Gasteiger partial charge in [-0.2, -0.15) is 0 Å². The molecule has 0 aliphatic carbocycles. The Hall–Kier alpha value is -0.820. The average molecular weight is 425 g/mol. The molecule has 0 radical (unpaired) electrons. The average Bonchev–Trinajstić information content (AvgIpc) is 3.29. The molecule has 1 aromatic heterocycles. The third-order valence-corrected chi connectivity index (χ3v) is 6.64. The highest BCUT2D eigenvalue weighted by Crippen LogP contribution is 2.28. The number of carbonyl (C=O) groups excluding carboxylic acids is 1. The molecule has 2 aromatic rings. The monoisotopic (exact) mass is 424 g/mol.